The predicted octanol–water partition coefficient (Wildman–Crippen LogP) is 3.25. The molecular weight excluding hydrogens is 402 g/mol. The van der Waals surface area contributed by atoms with E-state index < -0.39 is 22.0 Å². The standard InChI is InChI=1S/C20H22ClNO5S/c1-3-14-27-20(24)19(12-13-23)22(28(2,25)26)18-10-6-16(7-11-18)15-4-8-17(21)9-5-15/h3-11,19,23H,1,12-14H2,2H3/t19-/m0/s1. The molecule has 0 amide bonds. The molecule has 28 heavy (non-hydrogen) atoms. The first-order valence-corrected chi connectivity index (χ1v) is 10.7. The summed E-state index contributed by atoms with van der Waals surface area (Å²) in [7, 11) is -3.81. The van der Waals surface area contributed by atoms with Gasteiger partial charge in [0.05, 0.1) is 11.9 Å². The van der Waals surface area contributed by atoms with Crippen LogP contribution in [0.1, 0.15) is 6.42 Å². The number of anilines is 1. The number of benzene rings is 2. The fourth-order valence-electron chi connectivity index (χ4n) is 2.74. The van der Waals surface area contributed by atoms with Crippen LogP contribution in [0.15, 0.2) is 61.2 Å². The monoisotopic (exact) mass is 423 g/mol. The van der Waals surface area contributed by atoms with E-state index in [9.17, 15) is 18.3 Å². The molecule has 2 aromatic carbocycles. The molecular formula is C20H22ClNO5S. The Kier molecular flexibility index (Phi) is 7.62. The highest BCUT2D eigenvalue weighted by molar-refractivity contribution is 7.92. The van der Waals surface area contributed by atoms with Crippen molar-refractivity contribution in [3.8, 4) is 11.1 Å². The van der Waals surface area contributed by atoms with Gasteiger partial charge in [-0.25, -0.2) is 13.2 Å². The molecule has 0 heterocycles. The number of rotatable bonds is 9. The molecule has 0 spiro atoms. The zero-order valence-corrected chi connectivity index (χ0v) is 17.0. The topological polar surface area (TPSA) is 83.9 Å². The van der Waals surface area contributed by atoms with E-state index in [4.69, 9.17) is 16.3 Å². The van der Waals surface area contributed by atoms with E-state index in [0.29, 0.717) is 10.7 Å². The summed E-state index contributed by atoms with van der Waals surface area (Å²) < 4.78 is 30.8. The molecule has 0 aliphatic carbocycles. The summed E-state index contributed by atoms with van der Waals surface area (Å²) in [5, 5.41) is 9.95. The summed E-state index contributed by atoms with van der Waals surface area (Å²) in [4.78, 5) is 12.4. The molecule has 0 aromatic heterocycles. The smallest absolute Gasteiger partial charge is 0.330 e. The third kappa shape index (κ3) is 5.58. The van der Waals surface area contributed by atoms with E-state index in [-0.39, 0.29) is 19.6 Å². The van der Waals surface area contributed by atoms with Crippen molar-refractivity contribution < 1.29 is 23.1 Å². The van der Waals surface area contributed by atoms with Crippen molar-refractivity contribution in [2.75, 3.05) is 23.8 Å². The zero-order valence-electron chi connectivity index (χ0n) is 15.4. The number of carbonyl (C=O) groups excluding carboxylic acids is 1. The third-order valence-electron chi connectivity index (χ3n) is 3.96. The highest BCUT2D eigenvalue weighted by Gasteiger charge is 2.33. The zero-order chi connectivity index (χ0) is 20.7. The van der Waals surface area contributed by atoms with Crippen molar-refractivity contribution in [2.24, 2.45) is 0 Å². The number of hydrogen-bond donors (Lipinski definition) is 1. The molecule has 0 aliphatic heterocycles. The second-order valence-corrected chi connectivity index (χ2v) is 8.36. The molecule has 0 fully saturated rings. The van der Waals surface area contributed by atoms with Crippen LogP contribution >= 0.6 is 11.6 Å². The van der Waals surface area contributed by atoms with Crippen LogP contribution in [0, 0.1) is 0 Å². The Morgan fingerprint density at radius 1 is 1.18 bits per heavy atom. The summed E-state index contributed by atoms with van der Waals surface area (Å²) in [5.74, 6) is -0.749. The summed E-state index contributed by atoms with van der Waals surface area (Å²) in [5.41, 5.74) is 2.08. The fourth-order valence-corrected chi connectivity index (χ4v) is 4.02. The Bertz CT molecular complexity index is 911. The molecule has 1 N–H and O–H groups in total. The van der Waals surface area contributed by atoms with Gasteiger partial charge in [-0.2, -0.15) is 0 Å². The second kappa shape index (κ2) is 9.73. The second-order valence-electron chi connectivity index (χ2n) is 6.06. The Labute approximate surface area is 170 Å². The van der Waals surface area contributed by atoms with Gasteiger partial charge in [-0.15, -0.1) is 0 Å². The van der Waals surface area contributed by atoms with Crippen LogP contribution in [0.5, 0.6) is 0 Å². The van der Waals surface area contributed by atoms with E-state index in [1.807, 2.05) is 12.1 Å². The predicted molar refractivity (Wildman–Crippen MR) is 111 cm³/mol. The van der Waals surface area contributed by atoms with Gasteiger partial charge in [0.1, 0.15) is 12.6 Å². The van der Waals surface area contributed by atoms with Gasteiger partial charge in [-0.3, -0.25) is 4.31 Å². The van der Waals surface area contributed by atoms with Crippen LogP contribution in [-0.4, -0.2) is 45.0 Å². The molecule has 0 saturated carbocycles. The lowest BCUT2D eigenvalue weighted by molar-refractivity contribution is -0.144. The van der Waals surface area contributed by atoms with Crippen LogP contribution < -0.4 is 4.31 Å². The quantitative estimate of drug-likeness (QED) is 0.494. The lowest BCUT2D eigenvalue weighted by Gasteiger charge is -2.29. The number of halogens is 1. The van der Waals surface area contributed by atoms with E-state index in [2.05, 4.69) is 6.58 Å². The number of sulfonamides is 1. The van der Waals surface area contributed by atoms with E-state index in [1.54, 1.807) is 36.4 Å². The van der Waals surface area contributed by atoms with Gasteiger partial charge in [-0.05, 0) is 35.4 Å². The largest absolute Gasteiger partial charge is 0.460 e. The number of hydrogen-bond acceptors (Lipinski definition) is 5. The average Bonchev–Trinajstić information content (AvgIpc) is 2.66. The van der Waals surface area contributed by atoms with Crippen molar-refractivity contribution in [3.63, 3.8) is 0 Å². The van der Waals surface area contributed by atoms with Gasteiger partial charge >= 0.3 is 5.97 Å². The van der Waals surface area contributed by atoms with E-state index >= 15 is 0 Å². The molecule has 0 bridgehead atoms. The minimum Gasteiger partial charge on any atom is -0.460 e. The minimum absolute atomic E-state index is 0.0477. The first-order valence-electron chi connectivity index (χ1n) is 8.51. The number of aliphatic hydroxyl groups excluding tert-OH is 1. The molecule has 150 valence electrons. The number of ether oxygens (including phenoxy) is 1. The van der Waals surface area contributed by atoms with Crippen molar-refractivity contribution >= 4 is 33.3 Å². The highest BCUT2D eigenvalue weighted by Crippen LogP contribution is 2.28. The fraction of sp³-hybridized carbons (Fsp3) is 0.250. The summed E-state index contributed by atoms with van der Waals surface area (Å²) in [6.45, 7) is 3.05. The van der Waals surface area contributed by atoms with Crippen molar-refractivity contribution in [3.05, 3.63) is 66.2 Å². The van der Waals surface area contributed by atoms with Crippen LogP contribution in [-0.2, 0) is 19.6 Å². The van der Waals surface area contributed by atoms with Crippen molar-refractivity contribution in [2.45, 2.75) is 12.5 Å². The number of nitrogens with zero attached hydrogens (tertiary/aromatic N) is 1. The third-order valence-corrected chi connectivity index (χ3v) is 5.39. The lowest BCUT2D eigenvalue weighted by atomic mass is 10.1. The summed E-state index contributed by atoms with van der Waals surface area (Å²) in [6.07, 6.45) is 2.30. The van der Waals surface area contributed by atoms with Gasteiger partial charge in [-0.1, -0.05) is 48.5 Å². The van der Waals surface area contributed by atoms with Gasteiger partial charge in [0.25, 0.3) is 0 Å². The maximum absolute atomic E-state index is 12.4. The van der Waals surface area contributed by atoms with Crippen molar-refractivity contribution in [1.82, 2.24) is 0 Å². The maximum atomic E-state index is 12.4. The van der Waals surface area contributed by atoms with Crippen LogP contribution in [0.25, 0.3) is 11.1 Å². The molecule has 8 heteroatoms. The molecule has 0 aliphatic rings. The minimum atomic E-state index is -3.81. The average molecular weight is 424 g/mol. The van der Waals surface area contributed by atoms with Crippen molar-refractivity contribution in [1.29, 1.82) is 0 Å². The van der Waals surface area contributed by atoms with E-state index in [1.165, 1.54) is 6.08 Å². The number of aliphatic hydroxyl groups is 1. The molecule has 0 saturated heterocycles. The first kappa shape index (κ1) is 21.9. The maximum Gasteiger partial charge on any atom is 0.330 e. The van der Waals surface area contributed by atoms with Gasteiger partial charge in [0, 0.05) is 18.1 Å². The van der Waals surface area contributed by atoms with Crippen LogP contribution in [0.4, 0.5) is 5.69 Å². The normalized spacial score (nSPS) is 12.2. The van der Waals surface area contributed by atoms with Crippen LogP contribution in [0.2, 0.25) is 5.02 Å². The summed E-state index contributed by atoms with van der Waals surface area (Å²) >= 11 is 5.90. The SMILES string of the molecule is C=CCOC(=O)[C@H](CCO)N(c1ccc(-c2ccc(Cl)cc2)cc1)S(C)(=O)=O. The highest BCUT2D eigenvalue weighted by atomic mass is 35.5. The summed E-state index contributed by atoms with van der Waals surface area (Å²) in [6, 6.07) is 12.8. The molecule has 2 aromatic rings. The first-order chi connectivity index (χ1) is 13.3. The molecule has 6 nitrogen and oxygen atoms in total. The Morgan fingerprint density at radius 3 is 2.18 bits per heavy atom. The van der Waals surface area contributed by atoms with Gasteiger partial charge < -0.3 is 9.84 Å². The lowest BCUT2D eigenvalue weighted by Crippen LogP contribution is -2.46. The number of esters is 1. The molecule has 0 radical (unpaired) electrons. The Balaban J connectivity index is 2.40. The van der Waals surface area contributed by atoms with Gasteiger partial charge in [0.2, 0.25) is 10.0 Å². The molecule has 2 rings (SSSR count). The molecule has 0 unspecified atom stereocenters. The van der Waals surface area contributed by atoms with Crippen LogP contribution in [0.3, 0.4) is 0 Å². The number of carbonyl (C=O) groups is 1. The van der Waals surface area contributed by atoms with E-state index in [0.717, 1.165) is 21.7 Å². The molecule has 1 atom stereocenters. The van der Waals surface area contributed by atoms with Gasteiger partial charge in [0.15, 0.2) is 0 Å². The Hall–Kier alpha value is -2.35. The Morgan fingerprint density at radius 2 is 1.71 bits per heavy atom.